The maximum atomic E-state index is 2.69. The fraction of sp³-hybridized carbons (Fsp3) is 0. The number of hydrogen-bond acceptors (Lipinski definition) is 1. The molecule has 0 saturated heterocycles. The molecule has 0 N–H and O–H groups in total. The van der Waals surface area contributed by atoms with Gasteiger partial charge >= 0.3 is 460 Å². The van der Waals surface area contributed by atoms with E-state index in [-0.39, 0.29) is 21.7 Å². The Morgan fingerprint density at radius 1 is 0.308 bits per heavy atom. The quantitative estimate of drug-likeness (QED) is 0.152. The summed E-state index contributed by atoms with van der Waals surface area (Å²) in [5.74, 6) is 0. The summed E-state index contributed by atoms with van der Waals surface area (Å²) < 4.78 is 10.4. The Balaban J connectivity index is 1.04. The molecule has 0 spiro atoms. The van der Waals surface area contributed by atoms with Crippen LogP contribution in [-0.2, 0) is 0 Å². The van der Waals surface area contributed by atoms with Gasteiger partial charge in [0.15, 0.2) is 0 Å². The van der Waals surface area contributed by atoms with E-state index in [1.54, 1.807) is 0 Å². The van der Waals surface area contributed by atoms with E-state index < -0.39 is 0 Å². The summed E-state index contributed by atoms with van der Waals surface area (Å²) in [6.07, 6.45) is 0. The summed E-state index contributed by atoms with van der Waals surface area (Å²) in [6.45, 7) is -0.0569. The third-order valence-corrected chi connectivity index (χ3v) is 19.2. The topological polar surface area (TPSA) is 18.0 Å². The molecular formula is C72H45BN4Se. The van der Waals surface area contributed by atoms with Gasteiger partial charge in [-0.15, -0.1) is 0 Å². The summed E-state index contributed by atoms with van der Waals surface area (Å²) in [4.78, 5) is 2.69. The van der Waals surface area contributed by atoms with Crippen molar-refractivity contribution in [2.24, 2.45) is 0 Å². The van der Waals surface area contributed by atoms with Gasteiger partial charge in [0.25, 0.3) is 0 Å². The number of aromatic nitrogens is 3. The average Bonchev–Trinajstić information content (AvgIpc) is 4.30. The van der Waals surface area contributed by atoms with Gasteiger partial charge in [0, 0.05) is 0 Å². The molecule has 2 aliphatic rings. The first kappa shape index (κ1) is 43.6. The first-order valence-electron chi connectivity index (χ1n) is 26.9. The van der Waals surface area contributed by atoms with E-state index in [4.69, 9.17) is 0 Å². The zero-order valence-corrected chi connectivity index (χ0v) is 44.0. The first-order valence-corrected chi connectivity index (χ1v) is 28.6. The van der Waals surface area contributed by atoms with Crippen molar-refractivity contribution in [3.05, 3.63) is 273 Å². The predicted octanol–water partition coefficient (Wildman–Crippen LogP) is 14.6. The zero-order valence-electron chi connectivity index (χ0n) is 42.3. The molecule has 0 atom stereocenters. The van der Waals surface area contributed by atoms with Crippen molar-refractivity contribution in [1.82, 2.24) is 13.7 Å². The second kappa shape index (κ2) is 17.0. The van der Waals surface area contributed by atoms with E-state index in [0.717, 1.165) is 17.1 Å². The zero-order chi connectivity index (χ0) is 51.0. The Morgan fingerprint density at radius 2 is 0.756 bits per heavy atom. The van der Waals surface area contributed by atoms with Crippen LogP contribution in [-0.4, -0.2) is 35.4 Å². The van der Waals surface area contributed by atoms with Crippen LogP contribution in [0.5, 0.6) is 0 Å². The molecule has 0 radical (unpaired) electrons. The number of benzene rings is 12. The van der Waals surface area contributed by atoms with E-state index in [0.29, 0.717) is 0 Å². The molecule has 0 saturated carbocycles. The predicted molar refractivity (Wildman–Crippen MR) is 331 cm³/mol. The van der Waals surface area contributed by atoms with Gasteiger partial charge in [-0.3, -0.25) is 0 Å². The fourth-order valence-corrected chi connectivity index (χ4v) is 16.3. The minimum atomic E-state index is -0.108. The Bertz CT molecular complexity index is 4790. The number of anilines is 3. The van der Waals surface area contributed by atoms with Crippen LogP contribution in [0.25, 0.3) is 105 Å². The number of nitrogens with zero attached hydrogens (tertiary/aromatic N) is 4. The second-order valence-corrected chi connectivity index (χ2v) is 22.9. The summed E-state index contributed by atoms with van der Waals surface area (Å²) in [6, 6.07) is 102. The number of rotatable bonds is 6. The Kier molecular flexibility index (Phi) is 9.49. The van der Waals surface area contributed by atoms with Crippen LogP contribution in [0.1, 0.15) is 0 Å². The molecule has 0 aliphatic carbocycles. The van der Waals surface area contributed by atoms with E-state index in [1.165, 1.54) is 130 Å². The maximum absolute atomic E-state index is 2.69. The van der Waals surface area contributed by atoms with E-state index >= 15 is 0 Å². The van der Waals surface area contributed by atoms with Crippen molar-refractivity contribution < 1.29 is 0 Å². The molecular weight excluding hydrogens is 1010 g/mol. The van der Waals surface area contributed by atoms with Crippen LogP contribution in [0.4, 0.5) is 17.1 Å². The van der Waals surface area contributed by atoms with Gasteiger partial charge in [-0.05, 0) is 0 Å². The molecule has 5 heterocycles. The third-order valence-electron chi connectivity index (χ3n) is 16.7. The van der Waals surface area contributed by atoms with Crippen molar-refractivity contribution in [2.45, 2.75) is 0 Å². The molecule has 0 unspecified atom stereocenters. The van der Waals surface area contributed by atoms with Crippen LogP contribution < -0.4 is 30.2 Å². The van der Waals surface area contributed by atoms with Crippen molar-refractivity contribution in [2.75, 3.05) is 4.90 Å². The van der Waals surface area contributed by atoms with Crippen LogP contribution in [0.3, 0.4) is 0 Å². The molecule has 15 aromatic rings. The molecule has 3 aromatic heterocycles. The van der Waals surface area contributed by atoms with Gasteiger partial charge in [-0.25, -0.2) is 0 Å². The monoisotopic (exact) mass is 1060 g/mol. The summed E-state index contributed by atoms with van der Waals surface area (Å²) in [7, 11) is 0. The van der Waals surface area contributed by atoms with Crippen molar-refractivity contribution in [1.29, 1.82) is 0 Å². The Morgan fingerprint density at radius 3 is 1.32 bits per heavy atom. The minimum absolute atomic E-state index is 0.0569. The van der Waals surface area contributed by atoms with Crippen LogP contribution in [0.15, 0.2) is 273 Å². The fourth-order valence-electron chi connectivity index (χ4n) is 13.5. The van der Waals surface area contributed by atoms with Gasteiger partial charge in [-0.2, -0.15) is 0 Å². The molecule has 17 rings (SSSR count). The van der Waals surface area contributed by atoms with Crippen molar-refractivity contribution in [3.8, 4) is 39.3 Å². The van der Waals surface area contributed by atoms with Crippen LogP contribution in [0.2, 0.25) is 0 Å². The average molecular weight is 1060 g/mol. The summed E-state index contributed by atoms with van der Waals surface area (Å²) >= 11 is -0.108. The number of hydrogen-bond donors (Lipinski definition) is 0. The third kappa shape index (κ3) is 6.24. The molecule has 2 aliphatic heterocycles. The van der Waals surface area contributed by atoms with Gasteiger partial charge in [-0.1, -0.05) is 0 Å². The SMILES string of the molecule is c1ccc(-c2cccc(-c3ccccc3)c2N2c3cc(-n4c5ccccc5c5ccccc54)ccc3B3c4ccc5c(c4[Se]c4cc(-n6c7ccccc7c7ccccc76)cc2c43)c2ccccc2n5-c2ccccc2)cc1. The van der Waals surface area contributed by atoms with E-state index in [1.807, 2.05) is 0 Å². The molecule has 6 heteroatoms. The standard InChI is InChI=1S/C72H45BN4Se/c1-4-21-46(22-5-1)51-32-20-33-52(47-23-6-2-7-24-47)71(51)77-66-43-49(75-60-34-15-10-27-53(60)54-28-11-16-35-61(54)75)39-40-58(66)73-59-41-42-65-69(57-31-14-19-38-64(57)74(65)48-25-8-3-9-26-48)72(59)78-68-45-50(44-67(77)70(68)73)76-62-36-17-12-29-55(62)56-30-13-18-37-63(56)76/h1-45H. The first-order chi connectivity index (χ1) is 38.7. The Labute approximate surface area is 457 Å². The van der Waals surface area contributed by atoms with Crippen LogP contribution in [0, 0.1) is 0 Å². The summed E-state index contributed by atoms with van der Waals surface area (Å²) in [5, 5.41) is 7.65. The van der Waals surface area contributed by atoms with E-state index in [9.17, 15) is 0 Å². The van der Waals surface area contributed by atoms with Crippen molar-refractivity contribution >= 4 is 129 Å². The van der Waals surface area contributed by atoms with Gasteiger partial charge in [0.1, 0.15) is 0 Å². The number of para-hydroxylation sites is 7. The Hall–Kier alpha value is -9.58. The summed E-state index contributed by atoms with van der Waals surface area (Å²) in [5.41, 5.74) is 23.0. The number of fused-ring (bicyclic) bond motifs is 14. The second-order valence-electron chi connectivity index (χ2n) is 20.7. The van der Waals surface area contributed by atoms with Crippen molar-refractivity contribution in [3.63, 3.8) is 0 Å². The van der Waals surface area contributed by atoms with Gasteiger partial charge < -0.3 is 0 Å². The molecule has 0 fully saturated rings. The normalized spacial score (nSPS) is 12.8. The van der Waals surface area contributed by atoms with E-state index in [2.05, 4.69) is 292 Å². The molecule has 362 valence electrons. The molecule has 4 nitrogen and oxygen atoms in total. The van der Waals surface area contributed by atoms with Gasteiger partial charge in [0.2, 0.25) is 0 Å². The molecule has 12 aromatic carbocycles. The molecule has 0 bridgehead atoms. The molecule has 78 heavy (non-hydrogen) atoms. The van der Waals surface area contributed by atoms with Gasteiger partial charge in [0.05, 0.1) is 0 Å². The van der Waals surface area contributed by atoms with Crippen LogP contribution >= 0.6 is 0 Å². The molecule has 0 amide bonds.